The maximum Gasteiger partial charge on any atom is 0.272 e. The van der Waals surface area contributed by atoms with Crippen LogP contribution in [0, 0.1) is 0 Å². The first-order valence-corrected chi connectivity index (χ1v) is 10.4. The van der Waals surface area contributed by atoms with Crippen molar-refractivity contribution < 1.29 is 27.7 Å². The molecule has 8 heteroatoms. The molecule has 0 amide bonds. The largest absolute Gasteiger partial charge is 0.493 e. The fraction of sp³-hybridized carbons (Fsp3) is 0.478. The van der Waals surface area contributed by atoms with Gasteiger partial charge in [0.05, 0.1) is 38.6 Å². The molecule has 2 atom stereocenters. The maximum atomic E-state index is 12.8. The van der Waals surface area contributed by atoms with Gasteiger partial charge in [-0.3, -0.25) is 4.99 Å². The van der Waals surface area contributed by atoms with E-state index in [2.05, 4.69) is 4.98 Å². The molecule has 2 aliphatic rings. The van der Waals surface area contributed by atoms with Gasteiger partial charge in [-0.15, -0.1) is 0 Å². The summed E-state index contributed by atoms with van der Waals surface area (Å²) < 4.78 is 47.2. The summed E-state index contributed by atoms with van der Waals surface area (Å²) in [6, 6.07) is 7.43. The maximum absolute atomic E-state index is 12.8. The van der Waals surface area contributed by atoms with Gasteiger partial charge in [-0.2, -0.15) is 4.98 Å². The number of alkyl halides is 2. The SMILES string of the molecule is COc1ccc(C2=NC3CCCCC3c3cc(OCC(F)F)c(OC)cc32)c(OC)n1. The van der Waals surface area contributed by atoms with Crippen LogP contribution >= 0.6 is 0 Å². The molecular formula is C23H26F2N2O4. The molecule has 1 saturated carbocycles. The van der Waals surface area contributed by atoms with Gasteiger partial charge in [-0.1, -0.05) is 12.8 Å². The lowest BCUT2D eigenvalue weighted by Gasteiger charge is -2.36. The standard InChI is InChI=1S/C23H26F2N2O4/c1-28-18-11-16-15(10-19(18)31-12-20(24)25)13-6-4-5-7-17(13)26-22(16)14-8-9-21(29-2)27-23(14)30-3/h8-11,13,17,20H,4-7,12H2,1-3H3. The molecule has 0 spiro atoms. The van der Waals surface area contributed by atoms with Crippen LogP contribution in [0.3, 0.4) is 0 Å². The highest BCUT2D eigenvalue weighted by Gasteiger charge is 2.35. The Hall–Kier alpha value is -2.90. The first-order chi connectivity index (χ1) is 15.0. The van der Waals surface area contributed by atoms with Crippen LogP contribution in [0.15, 0.2) is 29.3 Å². The van der Waals surface area contributed by atoms with Crippen LogP contribution in [-0.2, 0) is 0 Å². The van der Waals surface area contributed by atoms with E-state index < -0.39 is 13.0 Å². The highest BCUT2D eigenvalue weighted by molar-refractivity contribution is 6.16. The molecule has 166 valence electrons. The summed E-state index contributed by atoms with van der Waals surface area (Å²) in [5.74, 6) is 1.79. The number of hydrogen-bond acceptors (Lipinski definition) is 6. The van der Waals surface area contributed by atoms with Crippen LogP contribution < -0.4 is 18.9 Å². The van der Waals surface area contributed by atoms with Gasteiger partial charge in [-0.25, -0.2) is 8.78 Å². The first kappa shape index (κ1) is 21.3. The molecule has 2 heterocycles. The van der Waals surface area contributed by atoms with Gasteiger partial charge in [0.1, 0.15) is 6.61 Å². The summed E-state index contributed by atoms with van der Waals surface area (Å²) in [6.07, 6.45) is 1.62. The highest BCUT2D eigenvalue weighted by Crippen LogP contribution is 2.45. The number of hydrogen-bond donors (Lipinski definition) is 0. The normalized spacial score (nSPS) is 19.9. The third-order valence-electron chi connectivity index (χ3n) is 5.87. The summed E-state index contributed by atoms with van der Waals surface area (Å²) in [4.78, 5) is 9.50. The van der Waals surface area contributed by atoms with Gasteiger partial charge < -0.3 is 18.9 Å². The van der Waals surface area contributed by atoms with Crippen LogP contribution in [-0.4, -0.2) is 51.1 Å². The van der Waals surface area contributed by atoms with Crippen LogP contribution in [0.1, 0.15) is 48.3 Å². The van der Waals surface area contributed by atoms with Gasteiger partial charge in [0.25, 0.3) is 6.43 Å². The Balaban J connectivity index is 1.86. The smallest absolute Gasteiger partial charge is 0.272 e. The quantitative estimate of drug-likeness (QED) is 0.639. The molecule has 0 N–H and O–H groups in total. The summed E-state index contributed by atoms with van der Waals surface area (Å²) >= 11 is 0. The average molecular weight is 432 g/mol. The van der Waals surface area contributed by atoms with E-state index in [0.717, 1.165) is 48.1 Å². The van der Waals surface area contributed by atoms with Crippen molar-refractivity contribution in [3.05, 3.63) is 41.0 Å². The summed E-state index contributed by atoms with van der Waals surface area (Å²) in [7, 11) is 4.60. The van der Waals surface area contributed by atoms with Crippen molar-refractivity contribution in [2.24, 2.45) is 4.99 Å². The van der Waals surface area contributed by atoms with E-state index in [-0.39, 0.29) is 12.0 Å². The van der Waals surface area contributed by atoms with E-state index in [4.69, 9.17) is 23.9 Å². The number of fused-ring (bicyclic) bond motifs is 3. The minimum atomic E-state index is -2.56. The van der Waals surface area contributed by atoms with Crippen LogP contribution in [0.5, 0.6) is 23.3 Å². The Bertz CT molecular complexity index is 980. The van der Waals surface area contributed by atoms with E-state index in [9.17, 15) is 8.78 Å². The third kappa shape index (κ3) is 4.16. The van der Waals surface area contributed by atoms with E-state index in [1.807, 2.05) is 18.2 Å². The van der Waals surface area contributed by atoms with Crippen LogP contribution in [0.4, 0.5) is 8.78 Å². The Kier molecular flexibility index (Phi) is 6.25. The second-order valence-electron chi connectivity index (χ2n) is 7.64. The molecule has 2 aromatic rings. The zero-order valence-electron chi connectivity index (χ0n) is 17.9. The molecule has 1 aromatic heterocycles. The van der Waals surface area contributed by atoms with Gasteiger partial charge in [0, 0.05) is 17.5 Å². The number of rotatable bonds is 7. The van der Waals surface area contributed by atoms with Gasteiger partial charge in [-0.05, 0) is 36.6 Å². The number of ether oxygens (including phenoxy) is 4. The van der Waals surface area contributed by atoms with Crippen LogP contribution in [0.25, 0.3) is 0 Å². The Morgan fingerprint density at radius 3 is 2.48 bits per heavy atom. The van der Waals surface area contributed by atoms with Crippen molar-refractivity contribution in [3.63, 3.8) is 0 Å². The monoisotopic (exact) mass is 432 g/mol. The Morgan fingerprint density at radius 1 is 0.968 bits per heavy atom. The third-order valence-corrected chi connectivity index (χ3v) is 5.87. The Morgan fingerprint density at radius 2 is 1.77 bits per heavy atom. The highest BCUT2D eigenvalue weighted by atomic mass is 19.3. The molecule has 1 aromatic carbocycles. The van der Waals surface area contributed by atoms with E-state index >= 15 is 0 Å². The van der Waals surface area contributed by atoms with Gasteiger partial charge in [0.2, 0.25) is 11.8 Å². The molecule has 0 bridgehead atoms. The zero-order chi connectivity index (χ0) is 22.0. The van der Waals surface area contributed by atoms with E-state index in [0.29, 0.717) is 23.3 Å². The summed E-state index contributed by atoms with van der Waals surface area (Å²) in [6.45, 7) is -0.680. The second-order valence-corrected chi connectivity index (χ2v) is 7.64. The predicted octanol–water partition coefficient (Wildman–Crippen LogP) is 4.63. The number of halogens is 2. The molecule has 1 aliphatic carbocycles. The van der Waals surface area contributed by atoms with Crippen molar-refractivity contribution in [2.75, 3.05) is 27.9 Å². The van der Waals surface area contributed by atoms with Crippen molar-refractivity contribution in [2.45, 2.75) is 44.1 Å². The molecular weight excluding hydrogens is 406 g/mol. The Labute approximate surface area is 180 Å². The number of methoxy groups -OCH3 is 3. The van der Waals surface area contributed by atoms with Crippen LogP contribution in [0.2, 0.25) is 0 Å². The lowest BCUT2D eigenvalue weighted by atomic mass is 9.75. The van der Waals surface area contributed by atoms with Crippen molar-refractivity contribution in [1.29, 1.82) is 0 Å². The predicted molar refractivity (Wildman–Crippen MR) is 112 cm³/mol. The number of nitrogens with zero attached hydrogens (tertiary/aromatic N) is 2. The minimum absolute atomic E-state index is 0.111. The topological polar surface area (TPSA) is 62.2 Å². The summed E-state index contributed by atoms with van der Waals surface area (Å²) in [5, 5.41) is 0. The lowest BCUT2D eigenvalue weighted by molar-refractivity contribution is 0.0803. The fourth-order valence-corrected chi connectivity index (χ4v) is 4.46. The van der Waals surface area contributed by atoms with Crippen molar-refractivity contribution in [1.82, 2.24) is 4.98 Å². The molecule has 6 nitrogen and oxygen atoms in total. The van der Waals surface area contributed by atoms with Crippen molar-refractivity contribution >= 4 is 5.71 Å². The summed E-state index contributed by atoms with van der Waals surface area (Å²) in [5.41, 5.74) is 3.42. The van der Waals surface area contributed by atoms with Gasteiger partial charge >= 0.3 is 0 Å². The van der Waals surface area contributed by atoms with Crippen molar-refractivity contribution in [3.8, 4) is 23.3 Å². The molecule has 1 fully saturated rings. The number of aliphatic imine (C=N–C) groups is 1. The lowest BCUT2D eigenvalue weighted by Crippen LogP contribution is -2.30. The first-order valence-electron chi connectivity index (χ1n) is 10.4. The molecule has 0 radical (unpaired) electrons. The van der Waals surface area contributed by atoms with Gasteiger partial charge in [0.15, 0.2) is 11.5 Å². The second kappa shape index (κ2) is 9.08. The molecule has 4 rings (SSSR count). The molecule has 31 heavy (non-hydrogen) atoms. The minimum Gasteiger partial charge on any atom is -0.493 e. The molecule has 0 saturated heterocycles. The number of aromatic nitrogens is 1. The molecule has 1 aliphatic heterocycles. The fourth-order valence-electron chi connectivity index (χ4n) is 4.46. The number of pyridine rings is 1. The average Bonchev–Trinajstić information content (AvgIpc) is 2.81. The van der Waals surface area contributed by atoms with E-state index in [1.165, 1.54) is 7.11 Å². The van der Waals surface area contributed by atoms with E-state index in [1.54, 1.807) is 20.3 Å². The molecule has 2 unspecified atom stereocenters. The number of benzene rings is 1. The zero-order valence-corrected chi connectivity index (χ0v) is 17.9.